The van der Waals surface area contributed by atoms with E-state index in [9.17, 15) is 4.79 Å². The molecule has 7 heteroatoms. The number of hydrogen-bond donors (Lipinski definition) is 2. The smallest absolute Gasteiger partial charge is 0.259 e. The van der Waals surface area contributed by atoms with Crippen molar-refractivity contribution in [1.29, 1.82) is 0 Å². The maximum atomic E-state index is 13.5. The van der Waals surface area contributed by atoms with E-state index >= 15 is 0 Å². The SMILES string of the molecule is CC(C)c1cc(C(=O)Nc2cnc3[nH]ncc3c2)c(OCc2ccccc2)cc1OCc1ccccc1. The van der Waals surface area contributed by atoms with Crippen LogP contribution < -0.4 is 14.8 Å². The zero-order chi connectivity index (χ0) is 25.6. The van der Waals surface area contributed by atoms with Gasteiger partial charge in [-0.1, -0.05) is 74.5 Å². The maximum absolute atomic E-state index is 13.5. The van der Waals surface area contributed by atoms with Gasteiger partial charge in [-0.2, -0.15) is 5.10 Å². The molecule has 5 rings (SSSR count). The van der Waals surface area contributed by atoms with Crippen molar-refractivity contribution in [1.82, 2.24) is 15.2 Å². The number of aromatic nitrogens is 3. The number of hydrogen-bond acceptors (Lipinski definition) is 5. The molecule has 0 atom stereocenters. The van der Waals surface area contributed by atoms with E-state index in [1.807, 2.05) is 78.9 Å². The highest BCUT2D eigenvalue weighted by Crippen LogP contribution is 2.35. The van der Waals surface area contributed by atoms with Crippen molar-refractivity contribution in [2.45, 2.75) is 33.0 Å². The monoisotopic (exact) mass is 492 g/mol. The molecule has 0 saturated heterocycles. The number of rotatable bonds is 9. The molecule has 186 valence electrons. The summed E-state index contributed by atoms with van der Waals surface area (Å²) in [4.78, 5) is 17.8. The molecule has 1 amide bonds. The Kier molecular flexibility index (Phi) is 7.12. The molecule has 0 fully saturated rings. The standard InChI is InChI=1S/C30H28N4O3/c1-20(2)25-14-26(30(35)33-24-13-23-16-32-34-29(23)31-17-24)28(37-19-22-11-7-4-8-12-22)15-27(25)36-18-21-9-5-3-6-10-21/h3-17,20H,18-19H2,1-2H3,(H,33,35)(H,31,32,34). The molecule has 0 aliphatic rings. The lowest BCUT2D eigenvalue weighted by Crippen LogP contribution is -2.15. The quantitative estimate of drug-likeness (QED) is 0.245. The Morgan fingerprint density at radius 1 is 0.865 bits per heavy atom. The third-order valence-electron chi connectivity index (χ3n) is 6.00. The van der Waals surface area contributed by atoms with E-state index < -0.39 is 0 Å². The molecule has 7 nitrogen and oxygen atoms in total. The lowest BCUT2D eigenvalue weighted by atomic mass is 9.98. The Hall–Kier alpha value is -4.65. The third kappa shape index (κ3) is 5.78. The summed E-state index contributed by atoms with van der Waals surface area (Å²) in [5.74, 6) is 0.986. The highest BCUT2D eigenvalue weighted by atomic mass is 16.5. The first-order chi connectivity index (χ1) is 18.1. The van der Waals surface area contributed by atoms with Crippen LogP contribution in [0.5, 0.6) is 11.5 Å². The Bertz CT molecular complexity index is 1500. The predicted octanol–water partition coefficient (Wildman–Crippen LogP) is 6.49. The van der Waals surface area contributed by atoms with E-state index in [0.717, 1.165) is 22.1 Å². The van der Waals surface area contributed by atoms with Crippen molar-refractivity contribution in [2.75, 3.05) is 5.32 Å². The first-order valence-corrected chi connectivity index (χ1v) is 12.2. The summed E-state index contributed by atoms with van der Waals surface area (Å²) in [5, 5.41) is 10.6. The lowest BCUT2D eigenvalue weighted by Gasteiger charge is -2.19. The van der Waals surface area contributed by atoms with Crippen LogP contribution in [-0.4, -0.2) is 21.1 Å². The number of nitrogens with one attached hydrogen (secondary N) is 2. The van der Waals surface area contributed by atoms with Crippen molar-refractivity contribution < 1.29 is 14.3 Å². The van der Waals surface area contributed by atoms with Crippen LogP contribution in [0.2, 0.25) is 0 Å². The van der Waals surface area contributed by atoms with Crippen molar-refractivity contribution in [3.05, 3.63) is 114 Å². The zero-order valence-corrected chi connectivity index (χ0v) is 20.8. The second-order valence-corrected chi connectivity index (χ2v) is 9.08. The van der Waals surface area contributed by atoms with Crippen molar-refractivity contribution in [3.8, 4) is 11.5 Å². The molecular formula is C30H28N4O3. The number of H-pyrrole nitrogens is 1. The minimum absolute atomic E-state index is 0.129. The topological polar surface area (TPSA) is 89.1 Å². The number of amides is 1. The second kappa shape index (κ2) is 11.0. The molecule has 0 bridgehead atoms. The first kappa shape index (κ1) is 24.1. The van der Waals surface area contributed by atoms with Gasteiger partial charge >= 0.3 is 0 Å². The van der Waals surface area contributed by atoms with E-state index in [1.165, 1.54) is 0 Å². The van der Waals surface area contributed by atoms with E-state index in [0.29, 0.717) is 41.6 Å². The summed E-state index contributed by atoms with van der Waals surface area (Å²) in [7, 11) is 0. The summed E-state index contributed by atoms with van der Waals surface area (Å²) >= 11 is 0. The van der Waals surface area contributed by atoms with E-state index in [4.69, 9.17) is 9.47 Å². The van der Waals surface area contributed by atoms with Crippen molar-refractivity contribution in [3.63, 3.8) is 0 Å². The van der Waals surface area contributed by atoms with Gasteiger partial charge in [-0.15, -0.1) is 0 Å². The Morgan fingerprint density at radius 3 is 2.16 bits per heavy atom. The van der Waals surface area contributed by atoms with Crippen molar-refractivity contribution in [2.24, 2.45) is 0 Å². The van der Waals surface area contributed by atoms with Crippen LogP contribution in [0.15, 0.2) is 91.3 Å². The molecule has 3 aromatic carbocycles. The van der Waals surface area contributed by atoms with Crippen LogP contribution in [0.4, 0.5) is 5.69 Å². The number of carbonyl (C=O) groups is 1. The number of anilines is 1. The fourth-order valence-electron chi connectivity index (χ4n) is 4.02. The van der Waals surface area contributed by atoms with Gasteiger partial charge < -0.3 is 14.8 Å². The Labute approximate surface area is 215 Å². The molecule has 0 aliphatic heterocycles. The largest absolute Gasteiger partial charge is 0.488 e. The van der Waals surface area contributed by atoms with Gasteiger partial charge in [0, 0.05) is 11.5 Å². The van der Waals surface area contributed by atoms with Gasteiger partial charge in [0.2, 0.25) is 0 Å². The number of aromatic amines is 1. The molecule has 0 aliphatic carbocycles. The van der Waals surface area contributed by atoms with E-state index in [-0.39, 0.29) is 11.8 Å². The van der Waals surface area contributed by atoms with E-state index in [2.05, 4.69) is 34.3 Å². The number of carbonyl (C=O) groups excluding carboxylic acids is 1. The summed E-state index contributed by atoms with van der Waals surface area (Å²) in [6, 6.07) is 25.4. The summed E-state index contributed by atoms with van der Waals surface area (Å²) in [5.41, 5.74) is 4.65. The van der Waals surface area contributed by atoms with Gasteiger partial charge in [-0.25, -0.2) is 4.98 Å². The number of benzene rings is 3. The maximum Gasteiger partial charge on any atom is 0.259 e. The number of nitrogens with zero attached hydrogens (tertiary/aromatic N) is 2. The van der Waals surface area contributed by atoms with Crippen LogP contribution in [0, 0.1) is 0 Å². The molecule has 0 unspecified atom stereocenters. The summed E-state index contributed by atoms with van der Waals surface area (Å²) < 4.78 is 12.4. The van der Waals surface area contributed by atoms with Crippen LogP contribution >= 0.6 is 0 Å². The van der Waals surface area contributed by atoms with Gasteiger partial charge in [0.15, 0.2) is 5.65 Å². The Morgan fingerprint density at radius 2 is 1.51 bits per heavy atom. The molecular weight excluding hydrogens is 464 g/mol. The molecule has 0 spiro atoms. The second-order valence-electron chi connectivity index (χ2n) is 9.08. The molecule has 0 radical (unpaired) electrons. The number of ether oxygens (including phenoxy) is 2. The zero-order valence-electron chi connectivity index (χ0n) is 20.8. The number of fused-ring (bicyclic) bond motifs is 1. The van der Waals surface area contributed by atoms with Crippen LogP contribution in [0.3, 0.4) is 0 Å². The fourth-order valence-corrected chi connectivity index (χ4v) is 4.02. The van der Waals surface area contributed by atoms with Crippen LogP contribution in [0.25, 0.3) is 11.0 Å². The first-order valence-electron chi connectivity index (χ1n) is 12.2. The molecule has 2 heterocycles. The minimum atomic E-state index is -0.288. The normalized spacial score (nSPS) is 11.0. The minimum Gasteiger partial charge on any atom is -0.488 e. The van der Waals surface area contributed by atoms with Crippen LogP contribution in [0.1, 0.15) is 46.8 Å². The summed E-state index contributed by atoms with van der Waals surface area (Å²) in [6.07, 6.45) is 3.27. The van der Waals surface area contributed by atoms with Crippen molar-refractivity contribution >= 4 is 22.6 Å². The highest BCUT2D eigenvalue weighted by molar-refractivity contribution is 6.07. The average molecular weight is 493 g/mol. The summed E-state index contributed by atoms with van der Waals surface area (Å²) in [6.45, 7) is 4.89. The third-order valence-corrected chi connectivity index (χ3v) is 6.00. The van der Waals surface area contributed by atoms with Gasteiger partial charge in [-0.05, 0) is 34.7 Å². The van der Waals surface area contributed by atoms with Crippen LogP contribution in [-0.2, 0) is 13.2 Å². The predicted molar refractivity (Wildman–Crippen MR) is 144 cm³/mol. The van der Waals surface area contributed by atoms with E-state index in [1.54, 1.807) is 12.4 Å². The fraction of sp³-hybridized carbons (Fsp3) is 0.167. The molecule has 2 aromatic heterocycles. The van der Waals surface area contributed by atoms with Gasteiger partial charge in [0.05, 0.1) is 23.6 Å². The van der Waals surface area contributed by atoms with Gasteiger partial charge in [0.1, 0.15) is 24.7 Å². The molecule has 5 aromatic rings. The lowest BCUT2D eigenvalue weighted by molar-refractivity contribution is 0.102. The molecule has 0 saturated carbocycles. The average Bonchev–Trinajstić information content (AvgIpc) is 3.39. The number of pyridine rings is 1. The molecule has 2 N–H and O–H groups in total. The van der Waals surface area contributed by atoms with Gasteiger partial charge in [-0.3, -0.25) is 9.89 Å². The molecule has 37 heavy (non-hydrogen) atoms. The Balaban J connectivity index is 1.47. The highest BCUT2D eigenvalue weighted by Gasteiger charge is 2.20. The van der Waals surface area contributed by atoms with Gasteiger partial charge in [0.25, 0.3) is 5.91 Å².